The van der Waals surface area contributed by atoms with Gasteiger partial charge in [-0.3, -0.25) is 14.7 Å². The van der Waals surface area contributed by atoms with Crippen LogP contribution in [0.3, 0.4) is 0 Å². The highest BCUT2D eigenvalue weighted by Gasteiger charge is 2.18. The van der Waals surface area contributed by atoms with Crippen LogP contribution < -0.4 is 0 Å². The maximum Gasteiger partial charge on any atom is 0.307 e. The van der Waals surface area contributed by atoms with Crippen LogP contribution in [0.2, 0.25) is 0 Å². The van der Waals surface area contributed by atoms with Crippen LogP contribution >= 0.6 is 0 Å². The molecule has 0 bridgehead atoms. The van der Waals surface area contributed by atoms with Crippen LogP contribution in [-0.2, 0) is 11.2 Å². The molecule has 126 valence electrons. The van der Waals surface area contributed by atoms with Crippen LogP contribution in [0.25, 0.3) is 11.3 Å². The van der Waals surface area contributed by atoms with Gasteiger partial charge in [0.2, 0.25) is 0 Å². The van der Waals surface area contributed by atoms with Gasteiger partial charge in [-0.1, -0.05) is 36.8 Å². The molecule has 1 fully saturated rings. The number of carboxylic acids is 1. The first-order valence-electron chi connectivity index (χ1n) is 8.64. The first kappa shape index (κ1) is 16.7. The van der Waals surface area contributed by atoms with Crippen molar-refractivity contribution in [2.45, 2.75) is 38.6 Å². The van der Waals surface area contributed by atoms with E-state index < -0.39 is 5.97 Å². The molecule has 1 saturated heterocycles. The van der Waals surface area contributed by atoms with E-state index in [0.717, 1.165) is 16.8 Å². The number of nitrogens with zero attached hydrogens (tertiary/aromatic N) is 2. The maximum absolute atomic E-state index is 10.7. The Labute approximate surface area is 143 Å². The topological polar surface area (TPSA) is 53.4 Å². The predicted octanol–water partition coefficient (Wildman–Crippen LogP) is 3.92. The molecule has 0 spiro atoms. The second-order valence-corrected chi connectivity index (χ2v) is 6.52. The van der Waals surface area contributed by atoms with Crippen LogP contribution in [0.1, 0.15) is 43.4 Å². The van der Waals surface area contributed by atoms with Gasteiger partial charge in [0, 0.05) is 17.8 Å². The van der Waals surface area contributed by atoms with Gasteiger partial charge < -0.3 is 5.11 Å². The molecule has 1 aromatic heterocycles. The highest BCUT2D eigenvalue weighted by atomic mass is 16.4. The molecule has 4 heteroatoms. The Balaban J connectivity index is 1.70. The normalized spacial score (nSPS) is 16.7. The lowest BCUT2D eigenvalue weighted by atomic mass is 10.0. The number of likely N-dealkylation sites (tertiary alicyclic amines) is 1. The summed E-state index contributed by atoms with van der Waals surface area (Å²) in [6.45, 7) is 4.66. The molecule has 0 aliphatic carbocycles. The van der Waals surface area contributed by atoms with Crippen molar-refractivity contribution >= 4 is 5.97 Å². The van der Waals surface area contributed by atoms with E-state index in [1.54, 1.807) is 6.20 Å². The zero-order chi connectivity index (χ0) is 16.9. The first-order chi connectivity index (χ1) is 11.6. The number of carbonyl (C=O) groups is 1. The lowest BCUT2D eigenvalue weighted by molar-refractivity contribution is -0.136. The third kappa shape index (κ3) is 4.01. The minimum atomic E-state index is -0.833. The zero-order valence-corrected chi connectivity index (χ0v) is 14.1. The van der Waals surface area contributed by atoms with Crippen molar-refractivity contribution in [1.29, 1.82) is 0 Å². The van der Waals surface area contributed by atoms with Crippen LogP contribution in [0.4, 0.5) is 0 Å². The molecular weight excluding hydrogens is 300 g/mol. The Bertz CT molecular complexity index is 674. The van der Waals surface area contributed by atoms with E-state index >= 15 is 0 Å². The number of hydrogen-bond acceptors (Lipinski definition) is 3. The number of hydrogen-bond donors (Lipinski definition) is 1. The highest BCUT2D eigenvalue weighted by Crippen LogP contribution is 2.26. The predicted molar refractivity (Wildman–Crippen MR) is 94.9 cm³/mol. The number of aromatic nitrogens is 1. The third-order valence-electron chi connectivity index (χ3n) is 4.81. The van der Waals surface area contributed by atoms with E-state index in [0.29, 0.717) is 6.04 Å². The molecular formula is C20H24N2O2. The van der Waals surface area contributed by atoms with Crippen molar-refractivity contribution < 1.29 is 9.90 Å². The van der Waals surface area contributed by atoms with Crippen LogP contribution in [0, 0.1) is 0 Å². The van der Waals surface area contributed by atoms with Crippen LogP contribution in [0.5, 0.6) is 0 Å². The molecule has 1 N–H and O–H groups in total. The summed E-state index contributed by atoms with van der Waals surface area (Å²) in [4.78, 5) is 17.7. The van der Waals surface area contributed by atoms with Gasteiger partial charge >= 0.3 is 5.97 Å². The van der Waals surface area contributed by atoms with Gasteiger partial charge in [-0.05, 0) is 50.0 Å². The molecule has 24 heavy (non-hydrogen) atoms. The Kier molecular flexibility index (Phi) is 5.26. The third-order valence-corrected chi connectivity index (χ3v) is 4.81. The number of aliphatic carboxylic acids is 1. The number of carboxylic acid groups (broad SMARTS) is 1. The molecule has 1 aromatic carbocycles. The van der Waals surface area contributed by atoms with E-state index in [-0.39, 0.29) is 6.42 Å². The van der Waals surface area contributed by atoms with Crippen molar-refractivity contribution in [3.05, 3.63) is 53.7 Å². The van der Waals surface area contributed by atoms with Crippen LogP contribution in [-0.4, -0.2) is 34.0 Å². The summed E-state index contributed by atoms with van der Waals surface area (Å²) in [5, 5.41) is 8.81. The lowest BCUT2D eigenvalue weighted by Crippen LogP contribution is -2.32. The largest absolute Gasteiger partial charge is 0.481 e. The second kappa shape index (κ2) is 7.58. The summed E-state index contributed by atoms with van der Waals surface area (Å²) in [6, 6.07) is 12.7. The SMILES string of the molecule is C[C@@H](c1ccc(-c2ccc(CC(=O)O)cn2)cc1)N1CCCCC1. The van der Waals surface area contributed by atoms with Crippen molar-refractivity contribution in [2.75, 3.05) is 13.1 Å². The van der Waals surface area contributed by atoms with Crippen molar-refractivity contribution in [3.8, 4) is 11.3 Å². The molecule has 4 nitrogen and oxygen atoms in total. The van der Waals surface area contributed by atoms with Crippen molar-refractivity contribution in [1.82, 2.24) is 9.88 Å². The van der Waals surface area contributed by atoms with E-state index in [9.17, 15) is 4.79 Å². The fourth-order valence-corrected chi connectivity index (χ4v) is 3.32. The molecule has 0 unspecified atom stereocenters. The van der Waals surface area contributed by atoms with Gasteiger partial charge in [0.05, 0.1) is 12.1 Å². The van der Waals surface area contributed by atoms with Crippen molar-refractivity contribution in [2.24, 2.45) is 0 Å². The molecule has 2 aromatic rings. The fourth-order valence-electron chi connectivity index (χ4n) is 3.32. The molecule has 1 atom stereocenters. The van der Waals surface area contributed by atoms with Gasteiger partial charge in [0.25, 0.3) is 0 Å². The van der Waals surface area contributed by atoms with E-state index in [4.69, 9.17) is 5.11 Å². The van der Waals surface area contributed by atoms with Crippen LogP contribution in [0.15, 0.2) is 42.6 Å². The fraction of sp³-hybridized carbons (Fsp3) is 0.400. The lowest BCUT2D eigenvalue weighted by Gasteiger charge is -2.32. The molecule has 1 aliphatic heterocycles. The monoisotopic (exact) mass is 324 g/mol. The molecule has 2 heterocycles. The Morgan fingerprint density at radius 2 is 1.83 bits per heavy atom. The number of pyridine rings is 1. The summed E-state index contributed by atoms with van der Waals surface area (Å²) in [5.41, 5.74) is 4.00. The van der Waals surface area contributed by atoms with Crippen molar-refractivity contribution in [3.63, 3.8) is 0 Å². The molecule has 0 radical (unpaired) electrons. The Hall–Kier alpha value is -2.20. The molecule has 3 rings (SSSR count). The summed E-state index contributed by atoms with van der Waals surface area (Å²) in [7, 11) is 0. The van der Waals surface area contributed by atoms with E-state index in [1.165, 1.54) is 37.9 Å². The van der Waals surface area contributed by atoms with E-state index in [1.807, 2.05) is 12.1 Å². The zero-order valence-electron chi connectivity index (χ0n) is 14.1. The Morgan fingerprint density at radius 3 is 2.42 bits per heavy atom. The quantitative estimate of drug-likeness (QED) is 0.905. The van der Waals surface area contributed by atoms with Gasteiger partial charge in [0.1, 0.15) is 0 Å². The minimum absolute atomic E-state index is 0.0135. The molecule has 0 saturated carbocycles. The van der Waals surface area contributed by atoms with Gasteiger partial charge in [-0.15, -0.1) is 0 Å². The second-order valence-electron chi connectivity index (χ2n) is 6.52. The summed E-state index contributed by atoms with van der Waals surface area (Å²) in [6.07, 6.45) is 5.61. The average molecular weight is 324 g/mol. The minimum Gasteiger partial charge on any atom is -0.481 e. The average Bonchev–Trinajstić information content (AvgIpc) is 2.62. The molecule has 0 amide bonds. The number of piperidine rings is 1. The van der Waals surface area contributed by atoms with Gasteiger partial charge in [-0.25, -0.2) is 0 Å². The highest BCUT2D eigenvalue weighted by molar-refractivity contribution is 5.70. The summed E-state index contributed by atoms with van der Waals surface area (Å²) in [5.74, 6) is -0.833. The number of benzene rings is 1. The standard InChI is InChI=1S/C20H24N2O2/c1-15(22-11-3-2-4-12-22)17-6-8-18(9-7-17)19-10-5-16(14-21-19)13-20(23)24/h5-10,14-15H,2-4,11-13H2,1H3,(H,23,24)/t15-/m0/s1. The first-order valence-corrected chi connectivity index (χ1v) is 8.64. The Morgan fingerprint density at radius 1 is 1.12 bits per heavy atom. The maximum atomic E-state index is 10.7. The van der Waals surface area contributed by atoms with Gasteiger partial charge in [-0.2, -0.15) is 0 Å². The smallest absolute Gasteiger partial charge is 0.307 e. The number of rotatable bonds is 5. The molecule has 1 aliphatic rings. The summed E-state index contributed by atoms with van der Waals surface area (Å²) < 4.78 is 0. The van der Waals surface area contributed by atoms with Gasteiger partial charge in [0.15, 0.2) is 0 Å². The summed E-state index contributed by atoms with van der Waals surface area (Å²) >= 11 is 0. The van der Waals surface area contributed by atoms with E-state index in [2.05, 4.69) is 41.1 Å².